The Morgan fingerprint density at radius 2 is 1.75 bits per heavy atom. The van der Waals surface area contributed by atoms with Crippen molar-refractivity contribution in [3.8, 4) is 0 Å². The standard InChI is InChI=1S/C14H27NO/c1-4-7-14(8-10-15-11-9-14)13(16)12(5-2)6-3/h12,15H,4-11H2,1-3H3. The molecule has 2 nitrogen and oxygen atoms in total. The third kappa shape index (κ3) is 2.85. The van der Waals surface area contributed by atoms with E-state index >= 15 is 0 Å². The molecule has 0 atom stereocenters. The summed E-state index contributed by atoms with van der Waals surface area (Å²) in [4.78, 5) is 12.6. The van der Waals surface area contributed by atoms with E-state index in [1.807, 2.05) is 0 Å². The summed E-state index contributed by atoms with van der Waals surface area (Å²) >= 11 is 0. The lowest BCUT2D eigenvalue weighted by molar-refractivity contribution is -0.135. The van der Waals surface area contributed by atoms with Gasteiger partial charge in [0, 0.05) is 11.3 Å². The van der Waals surface area contributed by atoms with Crippen LogP contribution in [0, 0.1) is 11.3 Å². The molecule has 0 radical (unpaired) electrons. The Kier molecular flexibility index (Phi) is 5.47. The molecule has 0 unspecified atom stereocenters. The molecule has 0 aromatic heterocycles. The quantitative estimate of drug-likeness (QED) is 0.752. The molecule has 0 aromatic carbocycles. The van der Waals surface area contributed by atoms with Crippen LogP contribution in [-0.2, 0) is 4.79 Å². The van der Waals surface area contributed by atoms with E-state index in [-0.39, 0.29) is 5.41 Å². The maximum Gasteiger partial charge on any atom is 0.142 e. The first kappa shape index (κ1) is 13.7. The Morgan fingerprint density at radius 3 is 2.19 bits per heavy atom. The first-order valence-electron chi connectivity index (χ1n) is 6.95. The Balaban J connectivity index is 2.78. The smallest absolute Gasteiger partial charge is 0.142 e. The predicted octanol–water partition coefficient (Wildman–Crippen LogP) is 3.16. The number of hydrogen-bond acceptors (Lipinski definition) is 2. The number of hydrogen-bond donors (Lipinski definition) is 1. The number of ketones is 1. The molecule has 2 heteroatoms. The maximum atomic E-state index is 12.6. The molecule has 0 aromatic rings. The lowest BCUT2D eigenvalue weighted by atomic mass is 9.68. The largest absolute Gasteiger partial charge is 0.317 e. The zero-order valence-electron chi connectivity index (χ0n) is 11.1. The second-order valence-corrected chi connectivity index (χ2v) is 5.16. The van der Waals surface area contributed by atoms with E-state index in [0.29, 0.717) is 11.7 Å². The highest BCUT2D eigenvalue weighted by molar-refractivity contribution is 5.87. The van der Waals surface area contributed by atoms with Crippen molar-refractivity contribution in [3.05, 3.63) is 0 Å². The van der Waals surface area contributed by atoms with Crippen LogP contribution in [0.15, 0.2) is 0 Å². The molecule has 1 aliphatic rings. The number of nitrogens with one attached hydrogen (secondary N) is 1. The van der Waals surface area contributed by atoms with Crippen LogP contribution < -0.4 is 5.32 Å². The van der Waals surface area contributed by atoms with Gasteiger partial charge in [-0.05, 0) is 45.2 Å². The molecule has 94 valence electrons. The molecule has 1 saturated heterocycles. The highest BCUT2D eigenvalue weighted by Gasteiger charge is 2.40. The molecular formula is C14H27NO. The van der Waals surface area contributed by atoms with Crippen molar-refractivity contribution in [3.63, 3.8) is 0 Å². The minimum atomic E-state index is 0.0106. The Labute approximate surface area is 100 Å². The summed E-state index contributed by atoms with van der Waals surface area (Å²) in [6, 6.07) is 0. The Morgan fingerprint density at radius 1 is 1.19 bits per heavy atom. The van der Waals surface area contributed by atoms with Gasteiger partial charge in [0.1, 0.15) is 5.78 Å². The van der Waals surface area contributed by atoms with Crippen molar-refractivity contribution in [2.24, 2.45) is 11.3 Å². The van der Waals surface area contributed by atoms with Crippen LogP contribution in [0.4, 0.5) is 0 Å². The number of Topliss-reactive ketones (excluding diaryl/α,β-unsaturated/α-hetero) is 1. The van der Waals surface area contributed by atoms with E-state index in [2.05, 4.69) is 26.1 Å². The maximum absolute atomic E-state index is 12.6. The van der Waals surface area contributed by atoms with E-state index in [1.165, 1.54) is 0 Å². The average Bonchev–Trinajstić information content (AvgIpc) is 2.32. The van der Waals surface area contributed by atoms with Crippen molar-refractivity contribution in [2.75, 3.05) is 13.1 Å². The minimum Gasteiger partial charge on any atom is -0.317 e. The molecule has 16 heavy (non-hydrogen) atoms. The number of carbonyl (C=O) groups excluding carboxylic acids is 1. The first-order valence-corrected chi connectivity index (χ1v) is 6.95. The minimum absolute atomic E-state index is 0.0106. The summed E-state index contributed by atoms with van der Waals surface area (Å²) in [5.41, 5.74) is 0.0106. The predicted molar refractivity (Wildman–Crippen MR) is 68.5 cm³/mol. The third-order valence-corrected chi connectivity index (χ3v) is 4.17. The molecule has 0 amide bonds. The van der Waals surface area contributed by atoms with Crippen LogP contribution in [-0.4, -0.2) is 18.9 Å². The second-order valence-electron chi connectivity index (χ2n) is 5.16. The van der Waals surface area contributed by atoms with Crippen molar-refractivity contribution in [1.82, 2.24) is 5.32 Å². The van der Waals surface area contributed by atoms with Gasteiger partial charge in [-0.25, -0.2) is 0 Å². The number of carbonyl (C=O) groups is 1. The van der Waals surface area contributed by atoms with Crippen LogP contribution in [0.5, 0.6) is 0 Å². The lowest BCUT2D eigenvalue weighted by Crippen LogP contribution is -2.44. The molecule has 1 N–H and O–H groups in total. The van der Waals surface area contributed by atoms with Gasteiger partial charge in [-0.2, -0.15) is 0 Å². The van der Waals surface area contributed by atoms with Crippen molar-refractivity contribution >= 4 is 5.78 Å². The zero-order valence-corrected chi connectivity index (χ0v) is 11.1. The van der Waals surface area contributed by atoms with Crippen LogP contribution in [0.2, 0.25) is 0 Å². The SMILES string of the molecule is CCCC1(C(=O)C(CC)CC)CCNCC1. The van der Waals surface area contributed by atoms with E-state index in [1.54, 1.807) is 0 Å². The summed E-state index contributed by atoms with van der Waals surface area (Å²) in [5.74, 6) is 0.852. The Hall–Kier alpha value is -0.370. The van der Waals surface area contributed by atoms with E-state index in [9.17, 15) is 4.79 Å². The number of rotatable bonds is 6. The Bertz CT molecular complexity index is 209. The van der Waals surface area contributed by atoms with Gasteiger partial charge in [-0.3, -0.25) is 4.79 Å². The van der Waals surface area contributed by atoms with Gasteiger partial charge in [0.15, 0.2) is 0 Å². The van der Waals surface area contributed by atoms with Crippen molar-refractivity contribution in [2.45, 2.75) is 59.3 Å². The summed E-state index contributed by atoms with van der Waals surface area (Å²) in [6.07, 6.45) is 6.34. The first-order chi connectivity index (χ1) is 7.70. The van der Waals surface area contributed by atoms with Crippen molar-refractivity contribution in [1.29, 1.82) is 0 Å². The molecule has 0 saturated carbocycles. The molecule has 1 heterocycles. The molecule has 0 aliphatic carbocycles. The molecule has 0 spiro atoms. The van der Waals surface area contributed by atoms with Crippen LogP contribution in [0.3, 0.4) is 0 Å². The van der Waals surface area contributed by atoms with Gasteiger partial charge in [0.05, 0.1) is 0 Å². The molecule has 1 aliphatic heterocycles. The summed E-state index contributed by atoms with van der Waals surface area (Å²) in [7, 11) is 0. The van der Waals surface area contributed by atoms with Crippen LogP contribution >= 0.6 is 0 Å². The van der Waals surface area contributed by atoms with Crippen LogP contribution in [0.25, 0.3) is 0 Å². The van der Waals surface area contributed by atoms with Gasteiger partial charge >= 0.3 is 0 Å². The summed E-state index contributed by atoms with van der Waals surface area (Å²) in [6.45, 7) is 8.53. The highest BCUT2D eigenvalue weighted by atomic mass is 16.1. The molecule has 1 fully saturated rings. The third-order valence-electron chi connectivity index (χ3n) is 4.17. The fourth-order valence-corrected chi connectivity index (χ4v) is 3.10. The fraction of sp³-hybridized carbons (Fsp3) is 0.929. The van der Waals surface area contributed by atoms with Gasteiger partial charge in [-0.1, -0.05) is 27.2 Å². The topological polar surface area (TPSA) is 29.1 Å². The van der Waals surface area contributed by atoms with Gasteiger partial charge in [0.2, 0.25) is 0 Å². The normalized spacial score (nSPS) is 20.0. The average molecular weight is 225 g/mol. The van der Waals surface area contributed by atoms with Crippen molar-refractivity contribution < 1.29 is 4.79 Å². The second kappa shape index (κ2) is 6.39. The van der Waals surface area contributed by atoms with Gasteiger partial charge in [-0.15, -0.1) is 0 Å². The van der Waals surface area contributed by atoms with E-state index < -0.39 is 0 Å². The summed E-state index contributed by atoms with van der Waals surface area (Å²) < 4.78 is 0. The van der Waals surface area contributed by atoms with Gasteiger partial charge in [0.25, 0.3) is 0 Å². The van der Waals surface area contributed by atoms with Crippen LogP contribution in [0.1, 0.15) is 59.3 Å². The number of piperidine rings is 1. The fourth-order valence-electron chi connectivity index (χ4n) is 3.10. The summed E-state index contributed by atoms with van der Waals surface area (Å²) in [5, 5.41) is 3.38. The van der Waals surface area contributed by atoms with Gasteiger partial charge < -0.3 is 5.32 Å². The van der Waals surface area contributed by atoms with E-state index in [4.69, 9.17) is 0 Å². The molecule has 0 bridgehead atoms. The monoisotopic (exact) mass is 225 g/mol. The lowest BCUT2D eigenvalue weighted by Gasteiger charge is -2.38. The molecular weight excluding hydrogens is 198 g/mol. The zero-order chi connectivity index (χ0) is 12.0. The molecule has 1 rings (SSSR count). The van der Waals surface area contributed by atoms with E-state index in [0.717, 1.165) is 51.6 Å². The highest BCUT2D eigenvalue weighted by Crippen LogP contribution is 2.38.